The van der Waals surface area contributed by atoms with E-state index >= 15 is 0 Å². The van der Waals surface area contributed by atoms with Crippen molar-refractivity contribution in [2.24, 2.45) is 4.99 Å². The van der Waals surface area contributed by atoms with E-state index < -0.39 is 0 Å². The van der Waals surface area contributed by atoms with Crippen LogP contribution in [0, 0.1) is 0 Å². The molecule has 0 aliphatic heterocycles. The van der Waals surface area contributed by atoms with Crippen molar-refractivity contribution >= 4 is 47.2 Å². The number of nitrogens with zero attached hydrogens (tertiary/aromatic N) is 2. The Morgan fingerprint density at radius 3 is 2.67 bits per heavy atom. The number of hydrogen-bond donors (Lipinski definition) is 2. The van der Waals surface area contributed by atoms with E-state index in [1.807, 2.05) is 56.3 Å². The van der Waals surface area contributed by atoms with Crippen LogP contribution in [0.25, 0.3) is 0 Å². The van der Waals surface area contributed by atoms with E-state index in [1.165, 1.54) is 4.88 Å². The highest BCUT2D eigenvalue weighted by atomic mass is 127. The van der Waals surface area contributed by atoms with Crippen LogP contribution in [-0.4, -0.2) is 42.4 Å². The molecule has 0 aromatic carbocycles. The molecule has 150 valence electrons. The Morgan fingerprint density at radius 2 is 2.07 bits per heavy atom. The number of hydrogen-bond acceptors (Lipinski definition) is 4. The first-order valence-corrected chi connectivity index (χ1v) is 9.57. The summed E-state index contributed by atoms with van der Waals surface area (Å²) in [6.45, 7) is 7.43. The second-order valence-corrected chi connectivity index (χ2v) is 8.16. The Balaban J connectivity index is 0.00000364. The summed E-state index contributed by atoms with van der Waals surface area (Å²) in [6, 6.07) is 7.90. The van der Waals surface area contributed by atoms with E-state index in [1.54, 1.807) is 17.6 Å². The first-order valence-electron chi connectivity index (χ1n) is 8.69. The number of likely N-dealkylation sites (N-methyl/N-ethyl adjacent to an activating group) is 1. The molecule has 2 heterocycles. The molecule has 0 saturated carbocycles. The van der Waals surface area contributed by atoms with Gasteiger partial charge in [-0.1, -0.05) is 6.07 Å². The predicted octanol–water partition coefficient (Wildman–Crippen LogP) is 3.49. The molecule has 27 heavy (non-hydrogen) atoms. The third kappa shape index (κ3) is 9.28. The zero-order valence-corrected chi connectivity index (χ0v) is 19.5. The minimum absolute atomic E-state index is 0. The quantitative estimate of drug-likeness (QED) is 0.344. The highest BCUT2D eigenvalue weighted by Gasteiger charge is 2.17. The molecule has 2 N–H and O–H groups in total. The topological polar surface area (TPSA) is 69.9 Å². The summed E-state index contributed by atoms with van der Waals surface area (Å²) in [5.74, 6) is 1.59. The fraction of sp³-hybridized carbons (Fsp3) is 0.474. The van der Waals surface area contributed by atoms with Gasteiger partial charge in [0, 0.05) is 30.4 Å². The molecule has 2 rings (SSSR count). The molecule has 0 radical (unpaired) electrons. The zero-order chi connectivity index (χ0) is 19.0. The fourth-order valence-electron chi connectivity index (χ4n) is 2.37. The van der Waals surface area contributed by atoms with Crippen molar-refractivity contribution < 1.29 is 9.21 Å². The second-order valence-electron chi connectivity index (χ2n) is 7.13. The Bertz CT molecular complexity index is 694. The average Bonchev–Trinajstić information content (AvgIpc) is 3.21. The average molecular weight is 504 g/mol. The molecule has 0 spiro atoms. The molecule has 0 unspecified atom stereocenters. The third-order valence-corrected chi connectivity index (χ3v) is 4.32. The van der Waals surface area contributed by atoms with Crippen molar-refractivity contribution in [2.75, 3.05) is 20.1 Å². The maximum Gasteiger partial charge on any atom is 0.240 e. The van der Waals surface area contributed by atoms with Gasteiger partial charge in [0.2, 0.25) is 5.91 Å². The van der Waals surface area contributed by atoms with Crippen LogP contribution in [0.1, 0.15) is 31.4 Å². The summed E-state index contributed by atoms with van der Waals surface area (Å²) < 4.78 is 5.36. The van der Waals surface area contributed by atoms with Crippen LogP contribution in [0.4, 0.5) is 0 Å². The Morgan fingerprint density at radius 1 is 1.30 bits per heavy atom. The number of aliphatic imine (C=N–C) groups is 1. The summed E-state index contributed by atoms with van der Waals surface area (Å²) >= 11 is 1.67. The summed E-state index contributed by atoms with van der Waals surface area (Å²) in [5.41, 5.74) is -0.251. The van der Waals surface area contributed by atoms with Gasteiger partial charge in [0.25, 0.3) is 0 Å². The molecule has 0 aliphatic rings. The number of nitrogens with one attached hydrogen (secondary N) is 2. The maximum atomic E-state index is 12.2. The van der Waals surface area contributed by atoms with Crippen LogP contribution in [0.5, 0.6) is 0 Å². The number of guanidine groups is 1. The van der Waals surface area contributed by atoms with Crippen molar-refractivity contribution in [3.63, 3.8) is 0 Å². The summed E-state index contributed by atoms with van der Waals surface area (Å²) in [5, 5.41) is 8.34. The molecular formula is C19H29IN4O2S. The number of rotatable bonds is 7. The van der Waals surface area contributed by atoms with Crippen LogP contribution in [0.3, 0.4) is 0 Å². The number of carbonyl (C=O) groups is 1. The van der Waals surface area contributed by atoms with Gasteiger partial charge in [-0.05, 0) is 44.4 Å². The number of carbonyl (C=O) groups excluding carboxylic acids is 1. The molecule has 0 atom stereocenters. The minimum atomic E-state index is -0.251. The molecule has 6 nitrogen and oxygen atoms in total. The normalized spacial score (nSPS) is 11.6. The van der Waals surface area contributed by atoms with Gasteiger partial charge in [0.05, 0.1) is 19.4 Å². The van der Waals surface area contributed by atoms with Gasteiger partial charge in [-0.25, -0.2) is 4.99 Å². The Labute approximate surface area is 182 Å². The van der Waals surface area contributed by atoms with Gasteiger partial charge < -0.3 is 20.0 Å². The molecular weight excluding hydrogens is 475 g/mol. The summed E-state index contributed by atoms with van der Waals surface area (Å²) in [7, 11) is 1.87. The van der Waals surface area contributed by atoms with Crippen LogP contribution in [0.15, 0.2) is 45.3 Å². The predicted molar refractivity (Wildman–Crippen MR) is 122 cm³/mol. The Kier molecular flexibility index (Phi) is 9.86. The number of furan rings is 1. The SMILES string of the molecule is CN(CC(=O)NC(C)(C)C)C(=NCc1cccs1)NCCc1ccco1.I. The number of halogens is 1. The highest BCUT2D eigenvalue weighted by Crippen LogP contribution is 2.10. The van der Waals surface area contributed by atoms with Crippen molar-refractivity contribution in [2.45, 2.75) is 39.3 Å². The molecule has 0 aliphatic carbocycles. The van der Waals surface area contributed by atoms with Crippen molar-refractivity contribution in [3.05, 3.63) is 46.5 Å². The molecule has 2 aromatic rings. The Hall–Kier alpha value is -1.55. The minimum Gasteiger partial charge on any atom is -0.469 e. The molecule has 0 fully saturated rings. The molecule has 2 aromatic heterocycles. The van der Waals surface area contributed by atoms with Crippen molar-refractivity contribution in [1.82, 2.24) is 15.5 Å². The fourth-order valence-corrected chi connectivity index (χ4v) is 3.00. The summed E-state index contributed by atoms with van der Waals surface area (Å²) in [6.07, 6.45) is 2.43. The van der Waals surface area contributed by atoms with Gasteiger partial charge in [-0.3, -0.25) is 4.79 Å². The lowest BCUT2D eigenvalue weighted by Gasteiger charge is -2.25. The van der Waals surface area contributed by atoms with E-state index in [2.05, 4.69) is 21.7 Å². The van der Waals surface area contributed by atoms with Gasteiger partial charge in [-0.15, -0.1) is 35.3 Å². The van der Waals surface area contributed by atoms with Gasteiger partial charge in [0.1, 0.15) is 5.76 Å². The highest BCUT2D eigenvalue weighted by molar-refractivity contribution is 14.0. The van der Waals surface area contributed by atoms with Crippen LogP contribution >= 0.6 is 35.3 Å². The van der Waals surface area contributed by atoms with E-state index in [4.69, 9.17) is 4.42 Å². The van der Waals surface area contributed by atoms with E-state index in [0.717, 1.165) is 12.2 Å². The third-order valence-electron chi connectivity index (χ3n) is 3.46. The number of amides is 1. The van der Waals surface area contributed by atoms with Crippen LogP contribution in [0.2, 0.25) is 0 Å². The molecule has 8 heteroatoms. The van der Waals surface area contributed by atoms with E-state index in [-0.39, 0.29) is 42.0 Å². The van der Waals surface area contributed by atoms with Gasteiger partial charge >= 0.3 is 0 Å². The van der Waals surface area contributed by atoms with Crippen LogP contribution in [-0.2, 0) is 17.8 Å². The van der Waals surface area contributed by atoms with Gasteiger partial charge in [-0.2, -0.15) is 0 Å². The lowest BCUT2D eigenvalue weighted by atomic mass is 10.1. The molecule has 1 amide bonds. The smallest absolute Gasteiger partial charge is 0.240 e. The van der Waals surface area contributed by atoms with Crippen molar-refractivity contribution in [1.29, 1.82) is 0 Å². The second kappa shape index (κ2) is 11.3. The zero-order valence-electron chi connectivity index (χ0n) is 16.3. The lowest BCUT2D eigenvalue weighted by molar-refractivity contribution is -0.122. The molecule has 0 bridgehead atoms. The van der Waals surface area contributed by atoms with Crippen LogP contribution < -0.4 is 10.6 Å². The standard InChI is InChI=1S/C19H28N4O2S.HI/c1-19(2,3)22-17(24)14-23(4)18(21-13-16-8-6-12-26-16)20-10-9-15-7-5-11-25-15;/h5-8,11-12H,9-10,13-14H2,1-4H3,(H,20,21)(H,22,24);1H. The summed E-state index contributed by atoms with van der Waals surface area (Å²) in [4.78, 5) is 19.9. The first-order chi connectivity index (χ1) is 12.3. The van der Waals surface area contributed by atoms with E-state index in [0.29, 0.717) is 19.0 Å². The first kappa shape index (κ1) is 23.5. The van der Waals surface area contributed by atoms with Crippen molar-refractivity contribution in [3.8, 4) is 0 Å². The maximum absolute atomic E-state index is 12.2. The largest absolute Gasteiger partial charge is 0.469 e. The monoisotopic (exact) mass is 504 g/mol. The lowest BCUT2D eigenvalue weighted by Crippen LogP contribution is -2.49. The van der Waals surface area contributed by atoms with E-state index in [9.17, 15) is 4.79 Å². The van der Waals surface area contributed by atoms with Gasteiger partial charge in [0.15, 0.2) is 5.96 Å². The molecule has 0 saturated heterocycles. The number of thiophene rings is 1.